The molecule has 0 bridgehead atoms. The van der Waals surface area contributed by atoms with Crippen LogP contribution in [0.3, 0.4) is 0 Å². The molecule has 0 amide bonds. The fraction of sp³-hybridized carbons (Fsp3) is 0.458. The fourth-order valence-electron chi connectivity index (χ4n) is 4.29. The average molecular weight is 522 g/mol. The molecule has 0 spiro atoms. The molecule has 2 aliphatic heterocycles. The number of carbonyl (C=O) groups is 1. The van der Waals surface area contributed by atoms with Crippen molar-refractivity contribution in [3.05, 3.63) is 54.1 Å². The van der Waals surface area contributed by atoms with E-state index in [0.717, 1.165) is 12.8 Å². The first kappa shape index (κ1) is 25.8. The van der Waals surface area contributed by atoms with E-state index in [1.165, 1.54) is 32.9 Å². The van der Waals surface area contributed by atoms with Crippen molar-refractivity contribution in [2.45, 2.75) is 29.6 Å². The van der Waals surface area contributed by atoms with E-state index in [1.54, 1.807) is 24.3 Å². The molecule has 2 aliphatic rings. The molecule has 35 heavy (non-hydrogen) atoms. The van der Waals surface area contributed by atoms with Gasteiger partial charge < -0.3 is 10.1 Å². The van der Waals surface area contributed by atoms with Gasteiger partial charge in [0.1, 0.15) is 0 Å². The second-order valence-corrected chi connectivity index (χ2v) is 12.8. The average Bonchev–Trinajstić information content (AvgIpc) is 2.88. The van der Waals surface area contributed by atoms with Crippen LogP contribution >= 0.6 is 0 Å². The number of anilines is 1. The monoisotopic (exact) mass is 521 g/mol. The second kappa shape index (κ2) is 10.8. The van der Waals surface area contributed by atoms with Crippen molar-refractivity contribution in [3.63, 3.8) is 0 Å². The predicted octanol–water partition coefficient (Wildman–Crippen LogP) is 2.42. The smallest absolute Gasteiger partial charge is 0.243 e. The summed E-state index contributed by atoms with van der Waals surface area (Å²) < 4.78 is 59.4. The van der Waals surface area contributed by atoms with Crippen LogP contribution in [0.1, 0.15) is 30.1 Å². The molecule has 4 rings (SSSR count). The molecule has 0 aromatic heterocycles. The van der Waals surface area contributed by atoms with Crippen LogP contribution in [0.25, 0.3) is 0 Å². The van der Waals surface area contributed by atoms with Crippen LogP contribution in [0.2, 0.25) is 0 Å². The number of sulfonamides is 2. The van der Waals surface area contributed by atoms with Crippen molar-refractivity contribution in [1.82, 2.24) is 8.61 Å². The number of hydrogen-bond acceptors (Lipinski definition) is 7. The molecule has 0 aliphatic carbocycles. The minimum absolute atomic E-state index is 0.00863. The summed E-state index contributed by atoms with van der Waals surface area (Å²) in [5.74, 6) is 0.137. The third kappa shape index (κ3) is 5.92. The van der Waals surface area contributed by atoms with E-state index in [9.17, 15) is 21.6 Å². The van der Waals surface area contributed by atoms with Crippen molar-refractivity contribution in [2.75, 3.05) is 51.3 Å². The zero-order chi connectivity index (χ0) is 25.1. The van der Waals surface area contributed by atoms with Crippen molar-refractivity contribution < 1.29 is 26.4 Å². The lowest BCUT2D eigenvalue weighted by atomic mass is 10.0. The van der Waals surface area contributed by atoms with Crippen LogP contribution in [-0.4, -0.2) is 77.2 Å². The number of rotatable bonds is 8. The lowest BCUT2D eigenvalue weighted by Crippen LogP contribution is -2.40. The molecule has 1 atom stereocenters. The highest BCUT2D eigenvalue weighted by molar-refractivity contribution is 7.89. The quantitative estimate of drug-likeness (QED) is 0.531. The van der Waals surface area contributed by atoms with Crippen molar-refractivity contribution >= 4 is 31.5 Å². The molecule has 2 fully saturated rings. The molecule has 9 nitrogen and oxygen atoms in total. The molecule has 190 valence electrons. The highest BCUT2D eigenvalue weighted by Gasteiger charge is 2.29. The van der Waals surface area contributed by atoms with Gasteiger partial charge in [-0.05, 0) is 67.3 Å². The SMILES string of the molecule is CC1CCCN(S(=O)(=O)c2ccc(NCC(=O)c3ccc(S(=O)(=O)N4CCOCC4)cc3)cc2)C1. The molecule has 2 aromatic carbocycles. The van der Waals surface area contributed by atoms with Crippen molar-refractivity contribution in [2.24, 2.45) is 5.92 Å². The van der Waals surface area contributed by atoms with Gasteiger partial charge in [0.05, 0.1) is 29.5 Å². The maximum Gasteiger partial charge on any atom is 0.243 e. The van der Waals surface area contributed by atoms with Crippen LogP contribution in [0, 0.1) is 5.92 Å². The molecule has 0 saturated carbocycles. The van der Waals surface area contributed by atoms with E-state index >= 15 is 0 Å². The molecule has 1 N–H and O–H groups in total. The molecule has 2 aromatic rings. The van der Waals surface area contributed by atoms with E-state index in [2.05, 4.69) is 12.2 Å². The van der Waals surface area contributed by atoms with E-state index in [1.807, 2.05) is 0 Å². The third-order valence-corrected chi connectivity index (χ3v) is 10.1. The van der Waals surface area contributed by atoms with E-state index in [0.29, 0.717) is 56.6 Å². The summed E-state index contributed by atoms with van der Waals surface area (Å²) in [7, 11) is -7.14. The number of ether oxygens (including phenoxy) is 1. The van der Waals surface area contributed by atoms with Gasteiger partial charge in [-0.25, -0.2) is 16.8 Å². The van der Waals surface area contributed by atoms with Crippen molar-refractivity contribution in [1.29, 1.82) is 0 Å². The number of carbonyl (C=O) groups excluding carboxylic acids is 1. The Kier molecular flexibility index (Phi) is 7.92. The molecule has 2 saturated heterocycles. The second-order valence-electron chi connectivity index (χ2n) is 8.95. The first-order valence-corrected chi connectivity index (χ1v) is 14.6. The molecule has 1 unspecified atom stereocenters. The summed E-state index contributed by atoms with van der Waals surface area (Å²) in [5.41, 5.74) is 1.01. The molecular weight excluding hydrogens is 490 g/mol. The molecule has 2 heterocycles. The molecule has 0 radical (unpaired) electrons. The summed E-state index contributed by atoms with van der Waals surface area (Å²) in [6.45, 7) is 4.47. The summed E-state index contributed by atoms with van der Waals surface area (Å²) in [5, 5.41) is 3.01. The first-order valence-electron chi connectivity index (χ1n) is 11.7. The Labute approximate surface area is 207 Å². The molecular formula is C24H31N3O6S2. The summed E-state index contributed by atoms with van der Waals surface area (Å²) in [6.07, 6.45) is 1.90. The summed E-state index contributed by atoms with van der Waals surface area (Å²) in [6, 6.07) is 12.3. The van der Waals surface area contributed by atoms with Crippen molar-refractivity contribution in [3.8, 4) is 0 Å². The summed E-state index contributed by atoms with van der Waals surface area (Å²) >= 11 is 0. The highest BCUT2D eigenvalue weighted by Crippen LogP contribution is 2.24. The predicted molar refractivity (Wildman–Crippen MR) is 132 cm³/mol. The van der Waals surface area contributed by atoms with Gasteiger partial charge in [0, 0.05) is 37.4 Å². The number of benzene rings is 2. The van der Waals surface area contributed by atoms with Crippen LogP contribution < -0.4 is 5.32 Å². The van der Waals surface area contributed by atoms with E-state index in [4.69, 9.17) is 4.74 Å². The number of piperidine rings is 1. The lowest BCUT2D eigenvalue weighted by Gasteiger charge is -2.30. The highest BCUT2D eigenvalue weighted by atomic mass is 32.2. The number of morpholine rings is 1. The maximum atomic E-state index is 12.9. The zero-order valence-corrected chi connectivity index (χ0v) is 21.4. The van der Waals surface area contributed by atoms with E-state index in [-0.39, 0.29) is 22.1 Å². The standard InChI is InChI=1S/C24H31N3O6S2/c1-19-3-2-12-27(18-19)35(31,32)23-10-6-21(7-11-23)25-17-24(28)20-4-8-22(9-5-20)34(29,30)26-13-15-33-16-14-26/h4-11,19,25H,2-3,12-18H2,1H3. The Morgan fingerprint density at radius 1 is 0.886 bits per heavy atom. The number of Topliss-reactive ketones (excluding diaryl/α,β-unsaturated/α-hetero) is 1. The topological polar surface area (TPSA) is 113 Å². The first-order chi connectivity index (χ1) is 16.7. The maximum absolute atomic E-state index is 12.9. The third-order valence-electron chi connectivity index (χ3n) is 6.35. The van der Waals surface area contributed by atoms with Gasteiger partial charge in [0.15, 0.2) is 5.78 Å². The minimum atomic E-state index is -3.61. The van der Waals surface area contributed by atoms with Gasteiger partial charge in [-0.3, -0.25) is 4.79 Å². The Hall–Kier alpha value is -2.31. The Morgan fingerprint density at radius 3 is 2.06 bits per heavy atom. The number of nitrogens with zero attached hydrogens (tertiary/aromatic N) is 2. The van der Waals surface area contributed by atoms with Gasteiger partial charge in [-0.15, -0.1) is 0 Å². The Balaban J connectivity index is 1.35. The van der Waals surface area contributed by atoms with Crippen LogP contribution in [0.15, 0.2) is 58.3 Å². The fourth-order valence-corrected chi connectivity index (χ4v) is 7.30. The Bertz CT molecular complexity index is 1240. The largest absolute Gasteiger partial charge is 0.379 e. The van der Waals surface area contributed by atoms with Crippen LogP contribution in [-0.2, 0) is 24.8 Å². The zero-order valence-electron chi connectivity index (χ0n) is 19.7. The van der Waals surface area contributed by atoms with E-state index < -0.39 is 20.0 Å². The van der Waals surface area contributed by atoms with Crippen LogP contribution in [0.4, 0.5) is 5.69 Å². The number of ketones is 1. The number of hydrogen-bond donors (Lipinski definition) is 1. The Morgan fingerprint density at radius 2 is 1.46 bits per heavy atom. The van der Waals surface area contributed by atoms with Gasteiger partial charge in [0.25, 0.3) is 0 Å². The number of nitrogens with one attached hydrogen (secondary N) is 1. The van der Waals surface area contributed by atoms with Gasteiger partial charge in [0.2, 0.25) is 20.0 Å². The normalized spacial score (nSPS) is 20.4. The minimum Gasteiger partial charge on any atom is -0.379 e. The van der Waals surface area contributed by atoms with Gasteiger partial charge >= 0.3 is 0 Å². The molecule has 11 heteroatoms. The van der Waals surface area contributed by atoms with Crippen LogP contribution in [0.5, 0.6) is 0 Å². The lowest BCUT2D eigenvalue weighted by molar-refractivity contribution is 0.0730. The summed E-state index contributed by atoms with van der Waals surface area (Å²) in [4.78, 5) is 13.0. The van der Waals surface area contributed by atoms with Gasteiger partial charge in [-0.2, -0.15) is 8.61 Å². The van der Waals surface area contributed by atoms with Gasteiger partial charge in [-0.1, -0.05) is 6.92 Å².